The normalized spacial score (nSPS) is 11.7. The van der Waals surface area contributed by atoms with Gasteiger partial charge < -0.3 is 10.8 Å². The Labute approximate surface area is 121 Å². The number of aryl methyl sites for hydroxylation is 1. The molecule has 0 amide bonds. The molecule has 0 aliphatic heterocycles. The molecular formula is C13H15ClN2O2S. The summed E-state index contributed by atoms with van der Waals surface area (Å²) in [6.07, 6.45) is 0. The maximum absolute atomic E-state index is 11.3. The fraction of sp³-hybridized carbons (Fsp3) is 0.231. The second-order valence-electron chi connectivity index (χ2n) is 3.99. The lowest BCUT2D eigenvalue weighted by Crippen LogP contribution is -2.23. The first kappa shape index (κ1) is 15.8. The minimum Gasteiger partial charge on any atom is -0.389 e. The van der Waals surface area contributed by atoms with E-state index in [1.165, 1.54) is 0 Å². The molecular weight excluding hydrogens is 284 g/mol. The van der Waals surface area contributed by atoms with Gasteiger partial charge in [-0.1, -0.05) is 24.3 Å². The minimum absolute atomic E-state index is 0. The highest BCUT2D eigenvalue weighted by molar-refractivity contribution is 7.13. The monoisotopic (exact) mass is 298 g/mol. The number of aromatic nitrogens is 1. The number of carbonyl (C=O) groups is 1. The molecule has 3 N–H and O–H groups in total. The molecule has 0 saturated heterocycles. The van der Waals surface area contributed by atoms with E-state index in [4.69, 9.17) is 10.8 Å². The standard InChI is InChI=1S/C13H14N2O2S.ClH/c1-8-13(18-7-15-8)10-4-2-9(3-5-10)12(14)11(17)6-16;/h2-5,7,12,16H,6,14H2,1H3;1H/t12-;/m0./s1. The number of carbonyl (C=O) groups excluding carboxylic acids is 1. The molecule has 2 aromatic rings. The van der Waals surface area contributed by atoms with Crippen molar-refractivity contribution in [2.75, 3.05) is 6.61 Å². The Balaban J connectivity index is 0.00000180. The van der Waals surface area contributed by atoms with Gasteiger partial charge in [0.2, 0.25) is 0 Å². The van der Waals surface area contributed by atoms with E-state index >= 15 is 0 Å². The van der Waals surface area contributed by atoms with Crippen LogP contribution in [-0.4, -0.2) is 22.5 Å². The molecule has 0 aliphatic rings. The molecule has 0 fully saturated rings. The molecule has 1 atom stereocenters. The lowest BCUT2D eigenvalue weighted by molar-refractivity contribution is -0.123. The van der Waals surface area contributed by atoms with Crippen LogP contribution < -0.4 is 5.73 Å². The first-order chi connectivity index (χ1) is 8.63. The van der Waals surface area contributed by atoms with E-state index in [0.717, 1.165) is 16.1 Å². The average molecular weight is 299 g/mol. The zero-order chi connectivity index (χ0) is 13.1. The number of hydrogen-bond donors (Lipinski definition) is 2. The van der Waals surface area contributed by atoms with E-state index in [1.807, 2.05) is 31.2 Å². The van der Waals surface area contributed by atoms with E-state index in [0.29, 0.717) is 5.56 Å². The molecule has 0 aliphatic carbocycles. The largest absolute Gasteiger partial charge is 0.389 e. The molecule has 19 heavy (non-hydrogen) atoms. The maximum atomic E-state index is 11.3. The highest BCUT2D eigenvalue weighted by Gasteiger charge is 2.14. The lowest BCUT2D eigenvalue weighted by atomic mass is 10.0. The van der Waals surface area contributed by atoms with E-state index in [-0.39, 0.29) is 18.2 Å². The van der Waals surface area contributed by atoms with Crippen molar-refractivity contribution in [1.82, 2.24) is 4.98 Å². The van der Waals surface area contributed by atoms with Gasteiger partial charge in [-0.05, 0) is 18.1 Å². The maximum Gasteiger partial charge on any atom is 0.179 e. The fourth-order valence-corrected chi connectivity index (χ4v) is 2.52. The molecule has 0 unspecified atom stereocenters. The van der Waals surface area contributed by atoms with Gasteiger partial charge in [0.05, 0.1) is 22.1 Å². The molecule has 2 rings (SSSR count). The van der Waals surface area contributed by atoms with Crippen molar-refractivity contribution in [3.63, 3.8) is 0 Å². The Morgan fingerprint density at radius 3 is 2.53 bits per heavy atom. The molecule has 4 nitrogen and oxygen atoms in total. The summed E-state index contributed by atoms with van der Waals surface area (Å²) in [6.45, 7) is 1.43. The van der Waals surface area contributed by atoms with Crippen LogP contribution in [0.2, 0.25) is 0 Å². The number of thiazole rings is 1. The Kier molecular flexibility index (Phi) is 5.62. The molecule has 0 spiro atoms. The van der Waals surface area contributed by atoms with Gasteiger partial charge in [-0.15, -0.1) is 23.7 Å². The lowest BCUT2D eigenvalue weighted by Gasteiger charge is -2.09. The Morgan fingerprint density at radius 1 is 1.42 bits per heavy atom. The summed E-state index contributed by atoms with van der Waals surface area (Å²) in [5.74, 6) is -0.378. The van der Waals surface area contributed by atoms with Gasteiger partial charge in [-0.25, -0.2) is 4.98 Å². The zero-order valence-electron chi connectivity index (χ0n) is 10.4. The summed E-state index contributed by atoms with van der Waals surface area (Å²) in [7, 11) is 0. The van der Waals surface area contributed by atoms with Crippen LogP contribution in [0.25, 0.3) is 10.4 Å². The van der Waals surface area contributed by atoms with Crippen molar-refractivity contribution in [2.45, 2.75) is 13.0 Å². The molecule has 1 aromatic heterocycles. The quantitative estimate of drug-likeness (QED) is 0.906. The van der Waals surface area contributed by atoms with Gasteiger partial charge in [0.15, 0.2) is 5.78 Å². The van der Waals surface area contributed by atoms with Gasteiger partial charge in [0, 0.05) is 0 Å². The van der Waals surface area contributed by atoms with Crippen molar-refractivity contribution in [1.29, 1.82) is 0 Å². The van der Waals surface area contributed by atoms with Crippen molar-refractivity contribution in [2.24, 2.45) is 5.73 Å². The number of benzene rings is 1. The van der Waals surface area contributed by atoms with Crippen molar-refractivity contribution in [3.05, 3.63) is 41.0 Å². The molecule has 1 aromatic carbocycles. The van der Waals surface area contributed by atoms with E-state index in [2.05, 4.69) is 4.98 Å². The Bertz CT molecular complexity index is 554. The van der Waals surface area contributed by atoms with Crippen molar-refractivity contribution in [3.8, 4) is 10.4 Å². The smallest absolute Gasteiger partial charge is 0.179 e. The van der Waals surface area contributed by atoms with E-state index in [9.17, 15) is 4.79 Å². The van der Waals surface area contributed by atoms with Gasteiger partial charge >= 0.3 is 0 Å². The molecule has 102 valence electrons. The molecule has 0 radical (unpaired) electrons. The van der Waals surface area contributed by atoms with Crippen molar-refractivity contribution < 1.29 is 9.90 Å². The van der Waals surface area contributed by atoms with Crippen LogP contribution in [0.5, 0.6) is 0 Å². The molecule has 1 heterocycles. The van der Waals surface area contributed by atoms with Crippen LogP contribution in [0.15, 0.2) is 29.8 Å². The van der Waals surface area contributed by atoms with E-state index < -0.39 is 12.6 Å². The first-order valence-electron chi connectivity index (χ1n) is 5.53. The second-order valence-corrected chi connectivity index (χ2v) is 4.85. The minimum atomic E-state index is -0.758. The number of aliphatic hydroxyl groups is 1. The van der Waals surface area contributed by atoms with Crippen LogP contribution in [0.3, 0.4) is 0 Å². The third-order valence-corrected chi connectivity index (χ3v) is 3.76. The van der Waals surface area contributed by atoms with Crippen LogP contribution >= 0.6 is 23.7 Å². The summed E-state index contributed by atoms with van der Waals surface area (Å²) in [4.78, 5) is 16.6. The van der Waals surface area contributed by atoms with Crippen LogP contribution in [0.4, 0.5) is 0 Å². The predicted octanol–water partition coefficient (Wildman–Crippen LogP) is 2.10. The molecule has 0 saturated carbocycles. The van der Waals surface area contributed by atoms with Gasteiger partial charge in [-0.3, -0.25) is 4.79 Å². The number of aliphatic hydroxyl groups excluding tert-OH is 1. The number of halogens is 1. The average Bonchev–Trinajstić information content (AvgIpc) is 2.83. The third kappa shape index (κ3) is 3.39. The summed E-state index contributed by atoms with van der Waals surface area (Å²) in [6, 6.07) is 6.70. The van der Waals surface area contributed by atoms with Crippen LogP contribution in [0, 0.1) is 6.92 Å². The highest BCUT2D eigenvalue weighted by Crippen LogP contribution is 2.27. The molecule has 0 bridgehead atoms. The number of rotatable bonds is 4. The zero-order valence-corrected chi connectivity index (χ0v) is 12.0. The Morgan fingerprint density at radius 2 is 2.05 bits per heavy atom. The topological polar surface area (TPSA) is 76.2 Å². The van der Waals surface area contributed by atoms with Gasteiger partial charge in [0.25, 0.3) is 0 Å². The highest BCUT2D eigenvalue weighted by atomic mass is 35.5. The summed E-state index contributed by atoms with van der Waals surface area (Å²) in [5, 5.41) is 8.77. The number of ketones is 1. The number of hydrogen-bond acceptors (Lipinski definition) is 5. The SMILES string of the molecule is Cc1ncsc1-c1ccc([C@H](N)C(=O)CO)cc1.Cl. The molecule has 6 heteroatoms. The fourth-order valence-electron chi connectivity index (χ4n) is 1.71. The van der Waals surface area contributed by atoms with E-state index in [1.54, 1.807) is 16.8 Å². The summed E-state index contributed by atoms with van der Waals surface area (Å²) < 4.78 is 0. The summed E-state index contributed by atoms with van der Waals surface area (Å²) >= 11 is 1.58. The van der Waals surface area contributed by atoms with Gasteiger partial charge in [-0.2, -0.15) is 0 Å². The third-order valence-electron chi connectivity index (χ3n) is 2.78. The second kappa shape index (κ2) is 6.77. The van der Waals surface area contributed by atoms with Crippen molar-refractivity contribution >= 4 is 29.5 Å². The number of Topliss-reactive ketones (excluding diaryl/α,β-unsaturated/α-hetero) is 1. The number of nitrogens with two attached hydrogens (primary N) is 1. The predicted molar refractivity (Wildman–Crippen MR) is 78.6 cm³/mol. The first-order valence-corrected chi connectivity index (χ1v) is 6.41. The number of nitrogens with zero attached hydrogens (tertiary/aromatic N) is 1. The van der Waals surface area contributed by atoms with Crippen LogP contribution in [-0.2, 0) is 4.79 Å². The summed E-state index contributed by atoms with van der Waals surface area (Å²) in [5.41, 5.74) is 10.3. The van der Waals surface area contributed by atoms with Crippen LogP contribution in [0.1, 0.15) is 17.3 Å². The van der Waals surface area contributed by atoms with Gasteiger partial charge in [0.1, 0.15) is 6.61 Å². The Hall–Kier alpha value is -1.27.